The Morgan fingerprint density at radius 3 is 1.09 bits per heavy atom. The van der Waals surface area contributed by atoms with Crippen molar-refractivity contribution in [3.05, 3.63) is 0 Å². The Hall–Kier alpha value is -2.85. The van der Waals surface area contributed by atoms with Gasteiger partial charge in [-0.1, -0.05) is 0 Å². The normalized spacial score (nSPS) is 19.0. The molecule has 15 nitrogen and oxygen atoms in total. The van der Waals surface area contributed by atoms with Gasteiger partial charge in [-0.3, -0.25) is 24.0 Å². The van der Waals surface area contributed by atoms with Gasteiger partial charge in [0.2, 0.25) is 0 Å². The maximum atomic E-state index is 10.1. The monoisotopic (exact) mass is 469 g/mol. The summed E-state index contributed by atoms with van der Waals surface area (Å²) in [5.74, 6) is -4.34. The van der Waals surface area contributed by atoms with Gasteiger partial charge in [-0.25, -0.2) is 0 Å². The minimum Gasteiger partial charge on any atom is -0.480 e. The minimum atomic E-state index is -0.968. The van der Waals surface area contributed by atoms with Gasteiger partial charge in [0.15, 0.2) is 0 Å². The molecule has 2 saturated heterocycles. The molecule has 0 aromatic rings. The molecule has 0 aromatic carbocycles. The van der Waals surface area contributed by atoms with Gasteiger partial charge in [-0.2, -0.15) is 0 Å². The van der Waals surface area contributed by atoms with E-state index in [1.54, 1.807) is 0 Å². The van der Waals surface area contributed by atoms with E-state index in [-0.39, 0.29) is 25.2 Å². The van der Waals surface area contributed by atoms with Crippen molar-refractivity contribution in [2.24, 2.45) is 17.2 Å². The molecule has 2 fully saturated rings. The molecule has 2 heterocycles. The average molecular weight is 469 g/mol. The van der Waals surface area contributed by atoms with E-state index in [9.17, 15) is 24.0 Å². The second kappa shape index (κ2) is 21.4. The molecule has 0 amide bonds. The number of nitrogens with one attached hydrogen (secondary N) is 2. The Morgan fingerprint density at radius 2 is 1.03 bits per heavy atom. The molecule has 2 rings (SSSR count). The second-order valence-electron chi connectivity index (χ2n) is 6.30. The molecule has 3 atom stereocenters. The standard InChI is InChI=1S/2C5H9NO2.C3H7NO2.2C2H5NO2/c2*7-5(8)4-2-1-3-6-4;1-2(4)3(5)6;2*3-1-2(4)5/h2*4,6H,1-3H2,(H,7,8);2H,4H2,1H3,(H,5,6);2*1,3H2,(H,4,5)/t2*4-;2-;;/m000../s1. The van der Waals surface area contributed by atoms with Gasteiger partial charge in [-0.15, -0.1) is 0 Å². The van der Waals surface area contributed by atoms with Gasteiger partial charge in [0.25, 0.3) is 0 Å². The van der Waals surface area contributed by atoms with Crippen LogP contribution in [-0.2, 0) is 24.0 Å². The van der Waals surface area contributed by atoms with Gasteiger partial charge >= 0.3 is 29.8 Å². The predicted molar refractivity (Wildman–Crippen MR) is 112 cm³/mol. The molecule has 15 heteroatoms. The van der Waals surface area contributed by atoms with Crippen LogP contribution in [0.3, 0.4) is 0 Å². The van der Waals surface area contributed by atoms with E-state index >= 15 is 0 Å². The van der Waals surface area contributed by atoms with E-state index in [1.807, 2.05) is 0 Å². The van der Waals surface area contributed by atoms with Crippen LogP contribution in [0.1, 0.15) is 32.6 Å². The first-order valence-corrected chi connectivity index (χ1v) is 9.54. The minimum absolute atomic E-state index is 0.269. The topological polar surface area (TPSA) is 289 Å². The van der Waals surface area contributed by atoms with Crippen LogP contribution in [0.15, 0.2) is 0 Å². The largest absolute Gasteiger partial charge is 0.480 e. The molecule has 0 radical (unpaired) electrons. The summed E-state index contributed by atoms with van der Waals surface area (Å²) < 4.78 is 0. The Balaban J connectivity index is -0.000000335. The highest BCUT2D eigenvalue weighted by atomic mass is 16.4. The van der Waals surface area contributed by atoms with Crippen molar-refractivity contribution in [1.29, 1.82) is 0 Å². The van der Waals surface area contributed by atoms with Crippen LogP contribution in [-0.4, -0.2) is 99.7 Å². The summed E-state index contributed by atoms with van der Waals surface area (Å²) in [5.41, 5.74) is 14.0. The van der Waals surface area contributed by atoms with Gasteiger partial charge in [-0.05, 0) is 45.7 Å². The van der Waals surface area contributed by atoms with Gasteiger partial charge in [0.1, 0.15) is 18.1 Å². The summed E-state index contributed by atoms with van der Waals surface area (Å²) in [7, 11) is 0. The van der Waals surface area contributed by atoms with E-state index in [4.69, 9.17) is 31.3 Å². The summed E-state index contributed by atoms with van der Waals surface area (Å²) in [6.45, 7) is 2.58. The number of carboxylic acids is 5. The third kappa shape index (κ3) is 25.2. The lowest BCUT2D eigenvalue weighted by atomic mass is 10.2. The number of aliphatic carboxylic acids is 5. The van der Waals surface area contributed by atoms with E-state index in [0.29, 0.717) is 0 Å². The van der Waals surface area contributed by atoms with E-state index < -0.39 is 35.9 Å². The molecular weight excluding hydrogens is 434 g/mol. The fraction of sp³-hybridized carbons (Fsp3) is 0.706. The second-order valence-corrected chi connectivity index (χ2v) is 6.30. The van der Waals surface area contributed by atoms with Gasteiger partial charge in [0.05, 0.1) is 13.1 Å². The zero-order valence-electron chi connectivity index (χ0n) is 17.9. The van der Waals surface area contributed by atoms with Crippen molar-refractivity contribution in [2.45, 2.75) is 50.7 Å². The van der Waals surface area contributed by atoms with Crippen molar-refractivity contribution in [3.8, 4) is 0 Å². The van der Waals surface area contributed by atoms with E-state index in [1.165, 1.54) is 6.92 Å². The Bertz CT molecular complexity index is 522. The molecule has 0 saturated carbocycles. The van der Waals surface area contributed by atoms with Crippen LogP contribution in [0.5, 0.6) is 0 Å². The summed E-state index contributed by atoms with van der Waals surface area (Å²) >= 11 is 0. The smallest absolute Gasteiger partial charge is 0.320 e. The third-order valence-electron chi connectivity index (χ3n) is 3.46. The van der Waals surface area contributed by atoms with Crippen LogP contribution in [0.4, 0.5) is 0 Å². The molecule has 0 spiro atoms. The fourth-order valence-electron chi connectivity index (χ4n) is 1.79. The third-order valence-corrected chi connectivity index (χ3v) is 3.46. The summed E-state index contributed by atoms with van der Waals surface area (Å²) in [6, 6.07) is -1.27. The van der Waals surface area contributed by atoms with Crippen molar-refractivity contribution in [3.63, 3.8) is 0 Å². The van der Waals surface area contributed by atoms with Crippen LogP contribution >= 0.6 is 0 Å². The molecule has 188 valence electrons. The van der Waals surface area contributed by atoms with Crippen molar-refractivity contribution < 1.29 is 49.5 Å². The van der Waals surface area contributed by atoms with Crippen LogP contribution in [0.2, 0.25) is 0 Å². The summed E-state index contributed by atoms with van der Waals surface area (Å²) in [6.07, 6.45) is 3.57. The van der Waals surface area contributed by atoms with Crippen LogP contribution in [0.25, 0.3) is 0 Å². The fourth-order valence-corrected chi connectivity index (χ4v) is 1.79. The number of carbonyl (C=O) groups is 5. The first kappa shape index (κ1) is 33.8. The first-order chi connectivity index (χ1) is 14.8. The van der Waals surface area contributed by atoms with Crippen molar-refractivity contribution >= 4 is 29.8 Å². The lowest BCUT2D eigenvalue weighted by Crippen LogP contribution is -2.29. The molecular formula is C17H35N5O10. The molecule has 13 N–H and O–H groups in total. The molecule has 2 aliphatic heterocycles. The molecule has 0 bridgehead atoms. The van der Waals surface area contributed by atoms with Crippen LogP contribution in [0, 0.1) is 0 Å². The number of nitrogens with two attached hydrogens (primary N) is 3. The first-order valence-electron chi connectivity index (χ1n) is 9.54. The molecule has 32 heavy (non-hydrogen) atoms. The Morgan fingerprint density at radius 1 is 0.781 bits per heavy atom. The zero-order valence-corrected chi connectivity index (χ0v) is 17.9. The Labute approximate surface area is 184 Å². The van der Waals surface area contributed by atoms with E-state index in [0.717, 1.165) is 38.8 Å². The molecule has 0 aliphatic carbocycles. The predicted octanol–water partition coefficient (Wildman–Crippen LogP) is -2.88. The molecule has 0 aromatic heterocycles. The van der Waals surface area contributed by atoms with Gasteiger partial charge in [0, 0.05) is 0 Å². The van der Waals surface area contributed by atoms with Crippen molar-refractivity contribution in [2.75, 3.05) is 26.2 Å². The summed E-state index contributed by atoms with van der Waals surface area (Å²) in [4.78, 5) is 48.3. The zero-order chi connectivity index (χ0) is 25.7. The van der Waals surface area contributed by atoms with Gasteiger partial charge < -0.3 is 53.4 Å². The highest BCUT2D eigenvalue weighted by molar-refractivity contribution is 5.74. The molecule has 0 unspecified atom stereocenters. The quantitative estimate of drug-likeness (QED) is 0.193. The SMILES string of the molecule is C[C@H](N)C(=O)O.NCC(=O)O.NCC(=O)O.O=C(O)[C@@H]1CCCN1.O=C(O)[C@@H]1CCCN1. The number of carboxylic acid groups (broad SMARTS) is 5. The lowest BCUT2D eigenvalue weighted by molar-refractivity contribution is -0.140. The Kier molecular flexibility index (Phi) is 22.6. The highest BCUT2D eigenvalue weighted by Crippen LogP contribution is 2.04. The summed E-state index contributed by atoms with van der Waals surface area (Å²) in [5, 5.41) is 45.5. The number of rotatable bonds is 5. The number of hydrogen-bond acceptors (Lipinski definition) is 10. The number of hydrogen-bond donors (Lipinski definition) is 10. The van der Waals surface area contributed by atoms with Crippen LogP contribution < -0.4 is 27.8 Å². The maximum absolute atomic E-state index is 10.1. The van der Waals surface area contributed by atoms with E-state index in [2.05, 4.69) is 22.1 Å². The average Bonchev–Trinajstić information content (AvgIpc) is 3.43. The lowest BCUT2D eigenvalue weighted by Gasteiger charge is -1.99. The highest BCUT2D eigenvalue weighted by Gasteiger charge is 2.20. The van der Waals surface area contributed by atoms with Crippen molar-refractivity contribution in [1.82, 2.24) is 10.6 Å². The molecule has 2 aliphatic rings. The maximum Gasteiger partial charge on any atom is 0.320 e.